The molecule has 2 aromatic rings. The number of carbonyl (C=O) groups is 2. The van der Waals surface area contributed by atoms with Crippen LogP contribution < -0.4 is 0 Å². The summed E-state index contributed by atoms with van der Waals surface area (Å²) in [7, 11) is 0. The number of hydrogen-bond donors (Lipinski definition) is 0. The van der Waals surface area contributed by atoms with Gasteiger partial charge in [-0.15, -0.1) is 11.3 Å². The molecule has 1 atom stereocenters. The maximum atomic E-state index is 12.9. The number of amides is 1. The lowest BCUT2D eigenvalue weighted by molar-refractivity contribution is -0.137. The molecule has 1 fully saturated rings. The van der Waals surface area contributed by atoms with E-state index in [9.17, 15) is 22.8 Å². The first-order chi connectivity index (χ1) is 13.3. The average molecular weight is 410 g/mol. The van der Waals surface area contributed by atoms with Gasteiger partial charge in [-0.25, -0.2) is 4.98 Å². The molecule has 0 saturated carbocycles. The molecule has 1 aromatic carbocycles. The molecule has 0 aliphatic carbocycles. The number of alkyl halides is 3. The van der Waals surface area contributed by atoms with Gasteiger partial charge >= 0.3 is 6.18 Å². The van der Waals surface area contributed by atoms with E-state index in [1.165, 1.54) is 23.5 Å². The van der Waals surface area contributed by atoms with Crippen molar-refractivity contribution in [3.63, 3.8) is 0 Å². The Labute approximate surface area is 165 Å². The molecule has 150 valence electrons. The third kappa shape index (κ3) is 4.79. The Kier molecular flexibility index (Phi) is 6.17. The van der Waals surface area contributed by atoms with Crippen LogP contribution in [0.3, 0.4) is 0 Å². The van der Waals surface area contributed by atoms with E-state index in [0.717, 1.165) is 22.7 Å². The number of ketones is 1. The van der Waals surface area contributed by atoms with Crippen molar-refractivity contribution < 1.29 is 22.8 Å². The van der Waals surface area contributed by atoms with Crippen molar-refractivity contribution in [2.24, 2.45) is 5.92 Å². The van der Waals surface area contributed by atoms with Crippen molar-refractivity contribution in [1.29, 1.82) is 0 Å². The Hall–Kier alpha value is -2.22. The average Bonchev–Trinajstić information content (AvgIpc) is 3.10. The Morgan fingerprint density at radius 1 is 1.32 bits per heavy atom. The van der Waals surface area contributed by atoms with Crippen LogP contribution in [0.2, 0.25) is 0 Å². The van der Waals surface area contributed by atoms with E-state index >= 15 is 0 Å². The second kappa shape index (κ2) is 8.43. The highest BCUT2D eigenvalue weighted by Crippen LogP contribution is 2.31. The van der Waals surface area contributed by atoms with E-state index in [2.05, 4.69) is 4.98 Å². The van der Waals surface area contributed by atoms with Crippen LogP contribution in [-0.4, -0.2) is 34.7 Å². The first kappa shape index (κ1) is 20.5. The number of hydrogen-bond acceptors (Lipinski definition) is 4. The molecule has 1 amide bonds. The van der Waals surface area contributed by atoms with Crippen LogP contribution in [0.15, 0.2) is 29.8 Å². The summed E-state index contributed by atoms with van der Waals surface area (Å²) in [6, 6.07) is 4.51. The summed E-state index contributed by atoms with van der Waals surface area (Å²) in [5.41, 5.74) is 1.89. The number of Topliss-reactive ketones (excluding diaryl/α,β-unsaturated/α-hetero) is 1. The van der Waals surface area contributed by atoms with Crippen molar-refractivity contribution in [2.75, 3.05) is 13.1 Å². The van der Waals surface area contributed by atoms with Crippen LogP contribution in [0, 0.1) is 12.8 Å². The number of rotatable bonds is 5. The summed E-state index contributed by atoms with van der Waals surface area (Å²) in [5.74, 6) is -0.831. The molecule has 4 nitrogen and oxygen atoms in total. The smallest absolute Gasteiger partial charge is 0.342 e. The molecule has 28 heavy (non-hydrogen) atoms. The first-order valence-corrected chi connectivity index (χ1v) is 10.0. The number of aryl methyl sites for hydroxylation is 2. The predicted octanol–water partition coefficient (Wildman–Crippen LogP) is 4.52. The molecule has 1 unspecified atom stereocenters. The number of nitrogens with zero attached hydrogens (tertiary/aromatic N) is 2. The highest BCUT2D eigenvalue weighted by Gasteiger charge is 2.33. The quantitative estimate of drug-likeness (QED) is 0.681. The summed E-state index contributed by atoms with van der Waals surface area (Å²) in [6.07, 6.45) is -2.29. The molecule has 1 aliphatic heterocycles. The van der Waals surface area contributed by atoms with Crippen LogP contribution in [-0.2, 0) is 17.4 Å². The van der Waals surface area contributed by atoms with Crippen LogP contribution in [0.5, 0.6) is 0 Å². The summed E-state index contributed by atoms with van der Waals surface area (Å²) in [5, 5.41) is 0. The standard InChI is InChI=1S/C20H21F3N2O2S/c1-13-17(28-12-24-13)7-8-18(26)25-9-3-5-15(11-25)19(27)14-4-2-6-16(10-14)20(21,22)23/h2,4,6,10,12,15H,3,5,7-9,11H2,1H3. The number of thiazole rings is 1. The lowest BCUT2D eigenvalue weighted by Crippen LogP contribution is -2.42. The van der Waals surface area contributed by atoms with Gasteiger partial charge in [0.25, 0.3) is 0 Å². The normalized spacial score (nSPS) is 17.6. The van der Waals surface area contributed by atoms with E-state index < -0.39 is 17.7 Å². The summed E-state index contributed by atoms with van der Waals surface area (Å²) < 4.78 is 38.7. The fourth-order valence-corrected chi connectivity index (χ4v) is 4.23. The molecule has 0 radical (unpaired) electrons. The number of likely N-dealkylation sites (tertiary alicyclic amines) is 1. The molecule has 8 heteroatoms. The van der Waals surface area contributed by atoms with Crippen LogP contribution in [0.25, 0.3) is 0 Å². The number of halogens is 3. The Balaban J connectivity index is 1.63. The molecule has 1 aromatic heterocycles. The lowest BCUT2D eigenvalue weighted by atomic mass is 9.89. The number of benzene rings is 1. The van der Waals surface area contributed by atoms with E-state index in [-0.39, 0.29) is 23.8 Å². The van der Waals surface area contributed by atoms with Gasteiger partial charge < -0.3 is 4.90 Å². The van der Waals surface area contributed by atoms with Gasteiger partial charge in [0.05, 0.1) is 16.8 Å². The first-order valence-electron chi connectivity index (χ1n) is 9.14. The third-order valence-electron chi connectivity index (χ3n) is 5.03. The zero-order valence-electron chi connectivity index (χ0n) is 15.5. The van der Waals surface area contributed by atoms with Crippen molar-refractivity contribution in [3.8, 4) is 0 Å². The van der Waals surface area contributed by atoms with Gasteiger partial charge in [0.15, 0.2) is 5.78 Å². The topological polar surface area (TPSA) is 50.3 Å². The van der Waals surface area contributed by atoms with Crippen LogP contribution in [0.1, 0.15) is 45.8 Å². The van der Waals surface area contributed by atoms with Crippen molar-refractivity contribution >= 4 is 23.0 Å². The summed E-state index contributed by atoms with van der Waals surface area (Å²) >= 11 is 1.52. The number of piperidine rings is 1. The van der Waals surface area contributed by atoms with Gasteiger partial charge in [-0.3, -0.25) is 9.59 Å². The minimum Gasteiger partial charge on any atom is -0.342 e. The van der Waals surface area contributed by atoms with Gasteiger partial charge in [-0.05, 0) is 38.3 Å². The highest BCUT2D eigenvalue weighted by molar-refractivity contribution is 7.09. The molecular weight excluding hydrogens is 389 g/mol. The maximum absolute atomic E-state index is 12.9. The zero-order valence-corrected chi connectivity index (χ0v) is 16.3. The van der Waals surface area contributed by atoms with Gasteiger partial charge in [-0.1, -0.05) is 12.1 Å². The number of carbonyl (C=O) groups excluding carboxylic acids is 2. The Bertz CT molecular complexity index is 863. The lowest BCUT2D eigenvalue weighted by Gasteiger charge is -2.32. The van der Waals surface area contributed by atoms with Gasteiger partial charge in [0, 0.05) is 35.9 Å². The largest absolute Gasteiger partial charge is 0.416 e. The van der Waals surface area contributed by atoms with E-state index in [4.69, 9.17) is 0 Å². The van der Waals surface area contributed by atoms with Crippen molar-refractivity contribution in [3.05, 3.63) is 51.5 Å². The fourth-order valence-electron chi connectivity index (χ4n) is 3.45. The van der Waals surface area contributed by atoms with Gasteiger partial charge in [-0.2, -0.15) is 13.2 Å². The number of aromatic nitrogens is 1. The third-order valence-corrected chi connectivity index (χ3v) is 6.02. The molecule has 2 heterocycles. The van der Waals surface area contributed by atoms with Gasteiger partial charge in [0.2, 0.25) is 5.91 Å². The van der Waals surface area contributed by atoms with E-state index in [0.29, 0.717) is 32.2 Å². The van der Waals surface area contributed by atoms with Crippen LogP contribution >= 0.6 is 11.3 Å². The minimum absolute atomic E-state index is 0.0330. The Morgan fingerprint density at radius 2 is 2.11 bits per heavy atom. The second-order valence-electron chi connectivity index (χ2n) is 6.98. The highest BCUT2D eigenvalue weighted by atomic mass is 32.1. The predicted molar refractivity (Wildman–Crippen MR) is 100 cm³/mol. The summed E-state index contributed by atoms with van der Waals surface area (Å²) in [6.45, 7) is 2.74. The van der Waals surface area contributed by atoms with Crippen molar-refractivity contribution in [2.45, 2.75) is 38.8 Å². The van der Waals surface area contributed by atoms with E-state index in [1.54, 1.807) is 10.4 Å². The van der Waals surface area contributed by atoms with Crippen molar-refractivity contribution in [1.82, 2.24) is 9.88 Å². The molecule has 0 spiro atoms. The molecule has 1 aliphatic rings. The fraction of sp³-hybridized carbons (Fsp3) is 0.450. The summed E-state index contributed by atoms with van der Waals surface area (Å²) in [4.78, 5) is 32.2. The molecule has 1 saturated heterocycles. The minimum atomic E-state index is -4.49. The second-order valence-corrected chi connectivity index (χ2v) is 7.92. The molecule has 0 N–H and O–H groups in total. The SMILES string of the molecule is Cc1ncsc1CCC(=O)N1CCCC(C(=O)c2cccc(C(F)(F)F)c2)C1. The van der Waals surface area contributed by atoms with E-state index in [1.807, 2.05) is 6.92 Å². The zero-order chi connectivity index (χ0) is 20.3. The Morgan fingerprint density at radius 3 is 2.79 bits per heavy atom. The van der Waals surface area contributed by atoms with Crippen LogP contribution in [0.4, 0.5) is 13.2 Å². The molecular formula is C20H21F3N2O2S. The molecule has 3 rings (SSSR count). The molecule has 0 bridgehead atoms. The maximum Gasteiger partial charge on any atom is 0.416 e. The van der Waals surface area contributed by atoms with Gasteiger partial charge in [0.1, 0.15) is 0 Å². The monoisotopic (exact) mass is 410 g/mol.